The number of aromatic hydroxyl groups is 1. The molecule has 0 aromatic carbocycles. The average molecular weight is 207 g/mol. The third-order valence-corrected chi connectivity index (χ3v) is 2.57. The summed E-state index contributed by atoms with van der Waals surface area (Å²) < 4.78 is 0. The number of nitrogens with zero attached hydrogens (tertiary/aromatic N) is 2. The Balaban J connectivity index is 1.98. The Morgan fingerprint density at radius 1 is 1.33 bits per heavy atom. The molecule has 2 N–H and O–H groups in total. The monoisotopic (exact) mass is 207 g/mol. The minimum Gasteiger partial charge on any atom is -0.492 e. The van der Waals surface area contributed by atoms with Crippen molar-refractivity contribution in [1.29, 1.82) is 0 Å². The van der Waals surface area contributed by atoms with Crippen LogP contribution < -0.4 is 5.32 Å². The zero-order chi connectivity index (χ0) is 10.7. The summed E-state index contributed by atoms with van der Waals surface area (Å²) in [5, 5.41) is 18.8. The van der Waals surface area contributed by atoms with Crippen LogP contribution in [0.3, 0.4) is 0 Å². The molecular formula is C10H13N3O2. The third kappa shape index (κ3) is 2.43. The Bertz CT molecular complexity index is 344. The van der Waals surface area contributed by atoms with E-state index in [1.54, 1.807) is 0 Å². The van der Waals surface area contributed by atoms with Gasteiger partial charge in [0.05, 0.1) is 0 Å². The second-order valence-electron chi connectivity index (χ2n) is 3.73. The molecule has 0 unspecified atom stereocenters. The minimum absolute atomic E-state index is 0.174. The number of nitrogens with one attached hydrogen (secondary N) is 1. The normalized spacial score (nSPS) is 16.5. The van der Waals surface area contributed by atoms with Crippen molar-refractivity contribution in [2.75, 3.05) is 0 Å². The Morgan fingerprint density at radius 3 is 2.67 bits per heavy atom. The molecular weight excluding hydrogens is 194 g/mol. The highest BCUT2D eigenvalue weighted by molar-refractivity contribution is 5.92. The van der Waals surface area contributed by atoms with Gasteiger partial charge in [-0.15, -0.1) is 10.2 Å². The van der Waals surface area contributed by atoms with E-state index in [0.29, 0.717) is 0 Å². The first-order valence-corrected chi connectivity index (χ1v) is 5.09. The first-order chi connectivity index (χ1) is 7.25. The maximum Gasteiger partial charge on any atom is 0.272 e. The van der Waals surface area contributed by atoms with Gasteiger partial charge in [-0.05, 0) is 18.9 Å². The summed E-state index contributed by atoms with van der Waals surface area (Å²) in [7, 11) is 0. The van der Waals surface area contributed by atoms with E-state index in [-0.39, 0.29) is 23.5 Å². The molecule has 1 saturated carbocycles. The van der Waals surface area contributed by atoms with Crippen LogP contribution in [0.2, 0.25) is 0 Å². The number of carbonyl (C=O) groups is 1. The Morgan fingerprint density at radius 2 is 2.07 bits per heavy atom. The molecule has 2 rings (SSSR count). The molecule has 1 aliphatic rings. The molecule has 0 bridgehead atoms. The van der Waals surface area contributed by atoms with Crippen LogP contribution in [0.1, 0.15) is 36.2 Å². The van der Waals surface area contributed by atoms with E-state index in [2.05, 4.69) is 15.5 Å². The quantitative estimate of drug-likeness (QED) is 0.754. The van der Waals surface area contributed by atoms with Crippen LogP contribution in [-0.4, -0.2) is 27.3 Å². The van der Waals surface area contributed by atoms with Crippen molar-refractivity contribution < 1.29 is 9.90 Å². The molecule has 0 spiro atoms. The number of hydrogen-bond donors (Lipinski definition) is 2. The lowest BCUT2D eigenvalue weighted by atomic mass is 10.2. The van der Waals surface area contributed by atoms with Gasteiger partial charge < -0.3 is 10.4 Å². The van der Waals surface area contributed by atoms with E-state index < -0.39 is 0 Å². The lowest BCUT2D eigenvalue weighted by molar-refractivity contribution is 0.0931. The van der Waals surface area contributed by atoms with E-state index in [0.717, 1.165) is 12.8 Å². The number of carbonyl (C=O) groups excluding carboxylic acids is 1. The SMILES string of the molecule is O=C(NC1CCCC1)c1ccc(O)nn1. The van der Waals surface area contributed by atoms with E-state index in [1.165, 1.54) is 25.0 Å². The first kappa shape index (κ1) is 9.89. The zero-order valence-corrected chi connectivity index (χ0v) is 8.31. The highest BCUT2D eigenvalue weighted by Crippen LogP contribution is 2.17. The standard InChI is InChI=1S/C10H13N3O2/c14-9-6-5-8(12-13-9)10(15)11-7-3-1-2-4-7/h5-7H,1-4H2,(H,11,15)(H,13,14). The van der Waals surface area contributed by atoms with Crippen LogP contribution in [-0.2, 0) is 0 Å². The van der Waals surface area contributed by atoms with Crippen LogP contribution >= 0.6 is 0 Å². The fourth-order valence-corrected chi connectivity index (χ4v) is 1.78. The summed E-state index contributed by atoms with van der Waals surface area (Å²) in [6.45, 7) is 0. The van der Waals surface area contributed by atoms with Crippen molar-refractivity contribution in [3.8, 4) is 5.88 Å². The molecule has 0 saturated heterocycles. The van der Waals surface area contributed by atoms with Crippen molar-refractivity contribution in [2.24, 2.45) is 0 Å². The Hall–Kier alpha value is -1.65. The molecule has 1 heterocycles. The molecule has 80 valence electrons. The smallest absolute Gasteiger partial charge is 0.272 e. The predicted octanol–water partition coefficient (Wildman–Crippen LogP) is 0.855. The molecule has 0 aliphatic heterocycles. The molecule has 1 aromatic heterocycles. The highest BCUT2D eigenvalue weighted by atomic mass is 16.3. The molecule has 5 nitrogen and oxygen atoms in total. The van der Waals surface area contributed by atoms with E-state index >= 15 is 0 Å². The van der Waals surface area contributed by atoms with Gasteiger partial charge in [0.25, 0.3) is 5.91 Å². The summed E-state index contributed by atoms with van der Waals surface area (Å²) in [6.07, 6.45) is 4.42. The van der Waals surface area contributed by atoms with Gasteiger partial charge in [0.1, 0.15) is 0 Å². The highest BCUT2D eigenvalue weighted by Gasteiger charge is 2.18. The molecule has 1 aliphatic carbocycles. The van der Waals surface area contributed by atoms with Gasteiger partial charge in [-0.3, -0.25) is 4.79 Å². The van der Waals surface area contributed by atoms with E-state index in [9.17, 15) is 4.79 Å². The predicted molar refractivity (Wildman–Crippen MR) is 53.4 cm³/mol. The van der Waals surface area contributed by atoms with E-state index in [4.69, 9.17) is 5.11 Å². The maximum absolute atomic E-state index is 11.6. The van der Waals surface area contributed by atoms with Crippen molar-refractivity contribution in [1.82, 2.24) is 15.5 Å². The van der Waals surface area contributed by atoms with Crippen LogP contribution in [0.5, 0.6) is 5.88 Å². The van der Waals surface area contributed by atoms with Crippen LogP contribution in [0.15, 0.2) is 12.1 Å². The fraction of sp³-hybridized carbons (Fsp3) is 0.500. The van der Waals surface area contributed by atoms with E-state index in [1.807, 2.05) is 0 Å². The molecule has 1 fully saturated rings. The molecule has 5 heteroatoms. The van der Waals surface area contributed by atoms with Crippen molar-refractivity contribution in [3.05, 3.63) is 17.8 Å². The molecule has 1 amide bonds. The maximum atomic E-state index is 11.6. The molecule has 1 aromatic rings. The average Bonchev–Trinajstić information content (AvgIpc) is 2.71. The summed E-state index contributed by atoms with van der Waals surface area (Å²) in [4.78, 5) is 11.6. The van der Waals surface area contributed by atoms with Crippen molar-refractivity contribution >= 4 is 5.91 Å². The topological polar surface area (TPSA) is 75.1 Å². The van der Waals surface area contributed by atoms with Crippen LogP contribution in [0, 0.1) is 0 Å². The molecule has 15 heavy (non-hydrogen) atoms. The van der Waals surface area contributed by atoms with Crippen molar-refractivity contribution in [2.45, 2.75) is 31.7 Å². The van der Waals surface area contributed by atoms with Gasteiger partial charge in [-0.1, -0.05) is 12.8 Å². The second-order valence-corrected chi connectivity index (χ2v) is 3.73. The van der Waals surface area contributed by atoms with Gasteiger partial charge in [0.2, 0.25) is 5.88 Å². The van der Waals surface area contributed by atoms with Gasteiger partial charge in [-0.2, -0.15) is 0 Å². The van der Waals surface area contributed by atoms with Gasteiger partial charge in [0, 0.05) is 12.1 Å². The summed E-state index contributed by atoms with van der Waals surface area (Å²) in [5.41, 5.74) is 0.250. The second kappa shape index (κ2) is 4.25. The van der Waals surface area contributed by atoms with Crippen LogP contribution in [0.25, 0.3) is 0 Å². The third-order valence-electron chi connectivity index (χ3n) is 2.57. The molecule has 0 radical (unpaired) electrons. The fourth-order valence-electron chi connectivity index (χ4n) is 1.78. The number of aromatic nitrogens is 2. The minimum atomic E-state index is -0.214. The van der Waals surface area contributed by atoms with Crippen molar-refractivity contribution in [3.63, 3.8) is 0 Å². The Kier molecular flexibility index (Phi) is 2.80. The number of rotatable bonds is 2. The molecule has 0 atom stereocenters. The summed E-state index contributed by atoms with van der Waals surface area (Å²) in [6, 6.07) is 3.09. The lowest BCUT2D eigenvalue weighted by Gasteiger charge is -2.10. The Labute approximate surface area is 87.5 Å². The summed E-state index contributed by atoms with van der Waals surface area (Å²) >= 11 is 0. The van der Waals surface area contributed by atoms with Gasteiger partial charge in [-0.25, -0.2) is 0 Å². The summed E-state index contributed by atoms with van der Waals surface area (Å²) in [5.74, 6) is -0.387. The largest absolute Gasteiger partial charge is 0.492 e. The van der Waals surface area contributed by atoms with Gasteiger partial charge in [0.15, 0.2) is 5.69 Å². The zero-order valence-electron chi connectivity index (χ0n) is 8.31. The number of amides is 1. The van der Waals surface area contributed by atoms with Gasteiger partial charge >= 0.3 is 0 Å². The van der Waals surface area contributed by atoms with Crippen LogP contribution in [0.4, 0.5) is 0 Å². The number of hydrogen-bond acceptors (Lipinski definition) is 4. The lowest BCUT2D eigenvalue weighted by Crippen LogP contribution is -2.33. The first-order valence-electron chi connectivity index (χ1n) is 5.09.